The topological polar surface area (TPSA) is 61.4 Å². The Kier molecular flexibility index (Phi) is 6.52. The molecule has 0 bridgehead atoms. The van der Waals surface area contributed by atoms with Crippen molar-refractivity contribution in [1.82, 2.24) is 15.5 Å². The summed E-state index contributed by atoms with van der Waals surface area (Å²) in [7, 11) is 3.34. The van der Waals surface area contributed by atoms with E-state index in [0.29, 0.717) is 6.54 Å². The van der Waals surface area contributed by atoms with Crippen LogP contribution in [0.4, 0.5) is 4.79 Å². The summed E-state index contributed by atoms with van der Waals surface area (Å²) in [5.74, 6) is -0.366. The summed E-state index contributed by atoms with van der Waals surface area (Å²) in [5.41, 5.74) is 1.89. The molecule has 2 aromatic rings. The maximum absolute atomic E-state index is 12.6. The molecular formula is C18H20BrN3O2. The minimum atomic E-state index is -0.574. The van der Waals surface area contributed by atoms with Crippen LogP contribution in [0.5, 0.6) is 0 Å². The second-order valence-electron chi connectivity index (χ2n) is 5.39. The summed E-state index contributed by atoms with van der Waals surface area (Å²) < 4.78 is 0.982. The van der Waals surface area contributed by atoms with Gasteiger partial charge in [-0.3, -0.25) is 15.0 Å². The second-order valence-corrected chi connectivity index (χ2v) is 6.24. The van der Waals surface area contributed by atoms with E-state index in [9.17, 15) is 9.59 Å². The van der Waals surface area contributed by atoms with Gasteiger partial charge in [0.1, 0.15) is 6.04 Å². The number of rotatable bonds is 5. The van der Waals surface area contributed by atoms with Crippen molar-refractivity contribution < 1.29 is 9.59 Å². The molecule has 2 rings (SSSR count). The van der Waals surface area contributed by atoms with Gasteiger partial charge in [-0.25, -0.2) is 4.79 Å². The Balaban J connectivity index is 2.26. The molecule has 126 valence electrons. The maximum atomic E-state index is 12.6. The van der Waals surface area contributed by atoms with Crippen molar-refractivity contribution in [2.75, 3.05) is 14.1 Å². The molecule has 0 saturated carbocycles. The highest BCUT2D eigenvalue weighted by Crippen LogP contribution is 2.24. The van der Waals surface area contributed by atoms with E-state index in [1.807, 2.05) is 66.5 Å². The zero-order chi connectivity index (χ0) is 17.5. The van der Waals surface area contributed by atoms with Gasteiger partial charge in [-0.05, 0) is 24.2 Å². The number of halogens is 1. The average molecular weight is 390 g/mol. The molecule has 2 aromatic carbocycles. The van der Waals surface area contributed by atoms with Gasteiger partial charge in [-0.15, -0.1) is 0 Å². The van der Waals surface area contributed by atoms with Crippen LogP contribution in [0.25, 0.3) is 0 Å². The Labute approximate surface area is 150 Å². The highest BCUT2D eigenvalue weighted by molar-refractivity contribution is 9.10. The minimum Gasteiger partial charge on any atom is -0.341 e. The zero-order valence-corrected chi connectivity index (χ0v) is 15.2. The highest BCUT2D eigenvalue weighted by Gasteiger charge is 2.26. The Morgan fingerprint density at radius 1 is 1.08 bits per heavy atom. The molecule has 24 heavy (non-hydrogen) atoms. The van der Waals surface area contributed by atoms with Crippen molar-refractivity contribution >= 4 is 27.9 Å². The number of likely N-dealkylation sites (N-methyl/N-ethyl adjacent to an activating group) is 1. The number of urea groups is 1. The minimum absolute atomic E-state index is 0.366. The van der Waals surface area contributed by atoms with E-state index in [-0.39, 0.29) is 5.91 Å². The fourth-order valence-corrected chi connectivity index (χ4v) is 2.88. The molecule has 0 fully saturated rings. The summed E-state index contributed by atoms with van der Waals surface area (Å²) in [5, 5.41) is 4.77. The number of carbonyl (C=O) groups is 2. The first-order chi connectivity index (χ1) is 11.5. The van der Waals surface area contributed by atoms with E-state index in [2.05, 4.69) is 26.6 Å². The maximum Gasteiger partial charge on any atom is 0.321 e. The molecule has 2 N–H and O–H groups in total. The Bertz CT molecular complexity index is 706. The first kappa shape index (κ1) is 18.2. The van der Waals surface area contributed by atoms with Gasteiger partial charge in [0.25, 0.3) is 0 Å². The van der Waals surface area contributed by atoms with Gasteiger partial charge in [0.2, 0.25) is 5.91 Å². The van der Waals surface area contributed by atoms with Gasteiger partial charge >= 0.3 is 6.03 Å². The van der Waals surface area contributed by atoms with Gasteiger partial charge in [0.05, 0.1) is 0 Å². The van der Waals surface area contributed by atoms with Crippen LogP contribution >= 0.6 is 15.9 Å². The van der Waals surface area contributed by atoms with E-state index in [1.165, 1.54) is 7.05 Å². The van der Waals surface area contributed by atoms with Crippen molar-refractivity contribution in [2.45, 2.75) is 12.6 Å². The molecule has 0 aliphatic rings. The molecule has 3 amide bonds. The van der Waals surface area contributed by atoms with Gasteiger partial charge in [0.15, 0.2) is 0 Å². The quantitative estimate of drug-likeness (QED) is 0.825. The van der Waals surface area contributed by atoms with Gasteiger partial charge in [-0.1, -0.05) is 64.5 Å². The number of imide groups is 1. The first-order valence-electron chi connectivity index (χ1n) is 7.54. The molecule has 0 spiro atoms. The molecule has 0 saturated heterocycles. The fraction of sp³-hybridized carbons (Fsp3) is 0.222. The number of amides is 3. The largest absolute Gasteiger partial charge is 0.341 e. The Morgan fingerprint density at radius 3 is 2.33 bits per heavy atom. The summed E-state index contributed by atoms with van der Waals surface area (Å²) in [6, 6.07) is 16.2. The summed E-state index contributed by atoms with van der Waals surface area (Å²) >= 11 is 3.53. The lowest BCUT2D eigenvalue weighted by Gasteiger charge is -2.27. The third kappa shape index (κ3) is 4.66. The van der Waals surface area contributed by atoms with Crippen LogP contribution in [-0.4, -0.2) is 30.9 Å². The molecule has 1 atom stereocenters. The third-order valence-corrected chi connectivity index (χ3v) is 4.42. The Hall–Kier alpha value is -2.18. The van der Waals surface area contributed by atoms with Crippen LogP contribution in [0, 0.1) is 0 Å². The number of hydrogen-bond donors (Lipinski definition) is 2. The van der Waals surface area contributed by atoms with Gasteiger partial charge in [-0.2, -0.15) is 0 Å². The lowest BCUT2D eigenvalue weighted by Crippen LogP contribution is -2.44. The number of nitrogens with one attached hydrogen (secondary N) is 2. The molecule has 0 unspecified atom stereocenters. The molecule has 0 aromatic heterocycles. The number of nitrogens with zero attached hydrogens (tertiary/aromatic N) is 1. The van der Waals surface area contributed by atoms with Crippen LogP contribution in [0.1, 0.15) is 17.2 Å². The summed E-state index contributed by atoms with van der Waals surface area (Å²) in [4.78, 5) is 26.0. The lowest BCUT2D eigenvalue weighted by atomic mass is 10.0. The van der Waals surface area contributed by atoms with Crippen molar-refractivity contribution in [3.05, 3.63) is 70.2 Å². The summed E-state index contributed by atoms with van der Waals surface area (Å²) in [6.45, 7) is 0.558. The predicted octanol–water partition coefficient (Wildman–Crippen LogP) is 3.08. The molecule has 5 nitrogen and oxygen atoms in total. The van der Waals surface area contributed by atoms with E-state index < -0.39 is 12.1 Å². The van der Waals surface area contributed by atoms with E-state index in [1.54, 1.807) is 0 Å². The first-order valence-corrected chi connectivity index (χ1v) is 8.33. The van der Waals surface area contributed by atoms with E-state index in [0.717, 1.165) is 15.6 Å². The number of hydrogen-bond acceptors (Lipinski definition) is 3. The SMILES string of the molecule is CNC(=O)NC(=O)[C@@H](c1ccccc1)N(C)Cc1ccccc1Br. The van der Waals surface area contributed by atoms with E-state index >= 15 is 0 Å². The van der Waals surface area contributed by atoms with Crippen molar-refractivity contribution in [2.24, 2.45) is 0 Å². The van der Waals surface area contributed by atoms with Crippen molar-refractivity contribution in [3.63, 3.8) is 0 Å². The summed E-state index contributed by atoms with van der Waals surface area (Å²) in [6.07, 6.45) is 0. The van der Waals surface area contributed by atoms with E-state index in [4.69, 9.17) is 0 Å². The monoisotopic (exact) mass is 389 g/mol. The number of benzene rings is 2. The Morgan fingerprint density at radius 2 is 1.71 bits per heavy atom. The van der Waals surface area contributed by atoms with Gasteiger partial charge < -0.3 is 5.32 Å². The third-order valence-electron chi connectivity index (χ3n) is 3.65. The average Bonchev–Trinajstić information content (AvgIpc) is 2.58. The van der Waals surface area contributed by atoms with Crippen molar-refractivity contribution in [3.8, 4) is 0 Å². The molecule has 0 aliphatic carbocycles. The molecular weight excluding hydrogens is 370 g/mol. The second kappa shape index (κ2) is 8.61. The van der Waals surface area contributed by atoms with Crippen molar-refractivity contribution in [1.29, 1.82) is 0 Å². The molecule has 0 heterocycles. The predicted molar refractivity (Wildman–Crippen MR) is 97.4 cm³/mol. The van der Waals surface area contributed by atoms with Crippen LogP contribution in [0.3, 0.4) is 0 Å². The number of carbonyl (C=O) groups excluding carboxylic acids is 2. The molecule has 6 heteroatoms. The molecule has 0 aliphatic heterocycles. The van der Waals surface area contributed by atoms with Crippen LogP contribution in [-0.2, 0) is 11.3 Å². The van der Waals surface area contributed by atoms with Gasteiger partial charge in [0, 0.05) is 18.1 Å². The smallest absolute Gasteiger partial charge is 0.321 e. The zero-order valence-electron chi connectivity index (χ0n) is 13.6. The molecule has 0 radical (unpaired) electrons. The highest BCUT2D eigenvalue weighted by atomic mass is 79.9. The normalized spacial score (nSPS) is 11.8. The van der Waals surface area contributed by atoms with Crippen LogP contribution < -0.4 is 10.6 Å². The standard InChI is InChI=1S/C18H20BrN3O2/c1-20-18(24)21-17(23)16(13-8-4-3-5-9-13)22(2)12-14-10-6-7-11-15(14)19/h3-11,16H,12H2,1-2H3,(H2,20,21,23,24)/t16-/m1/s1. The lowest BCUT2D eigenvalue weighted by molar-refractivity contribution is -0.125. The fourth-order valence-electron chi connectivity index (χ4n) is 2.47. The van der Waals surface area contributed by atoms with Crippen LogP contribution in [0.2, 0.25) is 0 Å². The van der Waals surface area contributed by atoms with Crippen LogP contribution in [0.15, 0.2) is 59.1 Å².